The van der Waals surface area contributed by atoms with Gasteiger partial charge in [-0.15, -0.1) is 0 Å². The number of esters is 1. The minimum atomic E-state index is -3.86. The van der Waals surface area contributed by atoms with Crippen molar-refractivity contribution in [3.63, 3.8) is 0 Å². The van der Waals surface area contributed by atoms with Gasteiger partial charge in [0.1, 0.15) is 4.90 Å². The van der Waals surface area contributed by atoms with Crippen LogP contribution in [0.1, 0.15) is 23.7 Å². The summed E-state index contributed by atoms with van der Waals surface area (Å²) in [6.45, 7) is 1.99. The quantitative estimate of drug-likeness (QED) is 0.349. The lowest BCUT2D eigenvalue weighted by atomic mass is 10.0. The molecule has 0 unspecified atom stereocenters. The van der Waals surface area contributed by atoms with Gasteiger partial charge in [0.05, 0.1) is 24.9 Å². The number of rotatable bonds is 9. The zero-order valence-corrected chi connectivity index (χ0v) is 20.7. The Hall–Kier alpha value is -4.18. The fourth-order valence-electron chi connectivity index (χ4n) is 3.89. The first-order chi connectivity index (χ1) is 17.3. The standard InChI is InChI=1S/C26H26N4O5S/c1-3-29(20-12-8-5-9-13-20)36(33,34)21-14-15-24(27-18-21)30-26(32)22(16-19-10-6-4-7-11-19)23(28-30)17-25(31)35-2/h4-15,18,28H,3,16-17H2,1-2H3. The molecule has 4 aromatic rings. The number of carbonyl (C=O) groups is 1. The highest BCUT2D eigenvalue weighted by atomic mass is 32.2. The van der Waals surface area contributed by atoms with Crippen molar-refractivity contribution in [3.8, 4) is 5.82 Å². The number of hydrogen-bond acceptors (Lipinski definition) is 6. The summed E-state index contributed by atoms with van der Waals surface area (Å²) in [7, 11) is -2.58. The van der Waals surface area contributed by atoms with Crippen LogP contribution in [-0.2, 0) is 32.4 Å². The number of pyridine rings is 1. The molecule has 1 N–H and O–H groups in total. The Morgan fingerprint density at radius 2 is 1.69 bits per heavy atom. The molecule has 36 heavy (non-hydrogen) atoms. The highest BCUT2D eigenvalue weighted by Crippen LogP contribution is 2.23. The van der Waals surface area contributed by atoms with E-state index in [1.54, 1.807) is 31.2 Å². The molecular formula is C26H26N4O5S. The minimum absolute atomic E-state index is 0.00384. The number of anilines is 1. The van der Waals surface area contributed by atoms with Crippen LogP contribution in [0.4, 0.5) is 5.69 Å². The second-order valence-corrected chi connectivity index (χ2v) is 9.84. The van der Waals surface area contributed by atoms with Gasteiger partial charge in [0.25, 0.3) is 15.6 Å². The second-order valence-electron chi connectivity index (χ2n) is 7.98. The molecule has 9 nitrogen and oxygen atoms in total. The number of para-hydroxylation sites is 1. The fraction of sp³-hybridized carbons (Fsp3) is 0.192. The number of sulfonamides is 1. The monoisotopic (exact) mass is 506 g/mol. The molecule has 0 saturated carbocycles. The van der Waals surface area contributed by atoms with Crippen LogP contribution in [0.15, 0.2) is 88.7 Å². The molecule has 0 radical (unpaired) electrons. The number of carbonyl (C=O) groups excluding carboxylic acids is 1. The fourth-order valence-corrected chi connectivity index (χ4v) is 5.31. The number of hydrogen-bond donors (Lipinski definition) is 1. The van der Waals surface area contributed by atoms with Crippen LogP contribution in [-0.4, -0.2) is 42.8 Å². The molecular weight excluding hydrogens is 480 g/mol. The molecule has 2 heterocycles. The van der Waals surface area contributed by atoms with Crippen LogP contribution in [0.25, 0.3) is 5.82 Å². The number of methoxy groups -OCH3 is 1. The molecule has 0 atom stereocenters. The highest BCUT2D eigenvalue weighted by molar-refractivity contribution is 7.92. The average Bonchev–Trinajstić information content (AvgIpc) is 3.20. The number of aromatic amines is 1. The molecule has 186 valence electrons. The zero-order valence-electron chi connectivity index (χ0n) is 19.9. The van der Waals surface area contributed by atoms with E-state index in [9.17, 15) is 18.0 Å². The molecule has 2 aromatic carbocycles. The third-order valence-corrected chi connectivity index (χ3v) is 7.60. The maximum Gasteiger partial charge on any atom is 0.311 e. The summed E-state index contributed by atoms with van der Waals surface area (Å²) in [5, 5.41) is 2.95. The molecule has 0 saturated heterocycles. The van der Waals surface area contributed by atoms with Crippen molar-refractivity contribution in [2.75, 3.05) is 18.0 Å². The third kappa shape index (κ3) is 5.08. The molecule has 0 amide bonds. The largest absolute Gasteiger partial charge is 0.469 e. The highest BCUT2D eigenvalue weighted by Gasteiger charge is 2.25. The lowest BCUT2D eigenvalue weighted by molar-refractivity contribution is -0.139. The Balaban J connectivity index is 1.70. The number of nitrogens with zero attached hydrogens (tertiary/aromatic N) is 3. The van der Waals surface area contributed by atoms with Crippen LogP contribution < -0.4 is 9.86 Å². The Morgan fingerprint density at radius 3 is 2.28 bits per heavy atom. The SMILES string of the molecule is CCN(c1ccccc1)S(=O)(=O)c1ccc(-n2[nH]c(CC(=O)OC)c(Cc3ccccc3)c2=O)nc1. The Kier molecular flexibility index (Phi) is 7.35. The predicted molar refractivity (Wildman–Crippen MR) is 136 cm³/mol. The summed E-state index contributed by atoms with van der Waals surface area (Å²) >= 11 is 0. The van der Waals surface area contributed by atoms with Gasteiger partial charge in [-0.25, -0.2) is 18.1 Å². The molecule has 10 heteroatoms. The van der Waals surface area contributed by atoms with Gasteiger partial charge in [0, 0.05) is 24.7 Å². The van der Waals surface area contributed by atoms with Crippen LogP contribution in [0.3, 0.4) is 0 Å². The van der Waals surface area contributed by atoms with E-state index >= 15 is 0 Å². The number of nitrogens with one attached hydrogen (secondary N) is 1. The third-order valence-electron chi connectivity index (χ3n) is 5.71. The first-order valence-electron chi connectivity index (χ1n) is 11.3. The number of ether oxygens (including phenoxy) is 1. The number of H-pyrrole nitrogens is 1. The van der Waals surface area contributed by atoms with E-state index in [2.05, 4.69) is 10.1 Å². The van der Waals surface area contributed by atoms with Crippen molar-refractivity contribution >= 4 is 21.7 Å². The summed E-state index contributed by atoms with van der Waals surface area (Å²) in [5.74, 6) is -0.292. The molecule has 0 spiro atoms. The van der Waals surface area contributed by atoms with Crippen LogP contribution in [0.2, 0.25) is 0 Å². The van der Waals surface area contributed by atoms with Crippen LogP contribution in [0, 0.1) is 0 Å². The zero-order chi connectivity index (χ0) is 25.7. The molecule has 2 aromatic heterocycles. The number of benzene rings is 2. The summed E-state index contributed by atoms with van der Waals surface area (Å²) in [6, 6.07) is 21.1. The molecule has 0 bridgehead atoms. The van der Waals surface area contributed by atoms with Crippen molar-refractivity contribution in [2.24, 2.45) is 0 Å². The first kappa shape index (κ1) is 24.9. The summed E-state index contributed by atoms with van der Waals surface area (Å²) in [5.41, 5.74) is 1.90. The maximum atomic E-state index is 13.3. The van der Waals surface area contributed by atoms with Gasteiger partial charge < -0.3 is 4.74 Å². The van der Waals surface area contributed by atoms with Gasteiger partial charge in [-0.1, -0.05) is 48.5 Å². The van der Waals surface area contributed by atoms with E-state index in [0.29, 0.717) is 23.4 Å². The van der Waals surface area contributed by atoms with Crippen molar-refractivity contribution in [2.45, 2.75) is 24.7 Å². The van der Waals surface area contributed by atoms with E-state index in [0.717, 1.165) is 5.56 Å². The van der Waals surface area contributed by atoms with E-state index in [4.69, 9.17) is 4.74 Å². The van der Waals surface area contributed by atoms with Crippen LogP contribution in [0.5, 0.6) is 0 Å². The Labute approximate surface area is 209 Å². The van der Waals surface area contributed by atoms with Gasteiger partial charge in [-0.3, -0.25) is 19.0 Å². The molecule has 0 aliphatic heterocycles. The maximum absolute atomic E-state index is 13.3. The van der Waals surface area contributed by atoms with Crippen LogP contribution >= 0.6 is 0 Å². The van der Waals surface area contributed by atoms with Gasteiger partial charge in [-0.2, -0.15) is 0 Å². The number of aromatic nitrogens is 3. The van der Waals surface area contributed by atoms with Gasteiger partial charge in [0.2, 0.25) is 0 Å². The van der Waals surface area contributed by atoms with E-state index in [-0.39, 0.29) is 29.2 Å². The predicted octanol–water partition coefficient (Wildman–Crippen LogP) is 3.08. The van der Waals surface area contributed by atoms with Crippen molar-refractivity contribution in [1.82, 2.24) is 14.8 Å². The summed E-state index contributed by atoms with van der Waals surface area (Å²) in [4.78, 5) is 29.5. The Morgan fingerprint density at radius 1 is 1.03 bits per heavy atom. The van der Waals surface area contributed by atoms with Gasteiger partial charge >= 0.3 is 5.97 Å². The van der Waals surface area contributed by atoms with Gasteiger partial charge in [0.15, 0.2) is 5.82 Å². The lowest BCUT2D eigenvalue weighted by Gasteiger charge is -2.22. The summed E-state index contributed by atoms with van der Waals surface area (Å²) < 4.78 is 33.8. The topological polar surface area (TPSA) is 114 Å². The molecule has 4 rings (SSSR count). The first-order valence-corrected chi connectivity index (χ1v) is 12.8. The minimum Gasteiger partial charge on any atom is -0.469 e. The molecule has 0 aliphatic rings. The molecule has 0 aliphatic carbocycles. The van der Waals surface area contributed by atoms with E-state index < -0.39 is 16.0 Å². The van der Waals surface area contributed by atoms with Crippen molar-refractivity contribution in [3.05, 3.63) is 106 Å². The van der Waals surface area contributed by atoms with Crippen molar-refractivity contribution < 1.29 is 17.9 Å². The smallest absolute Gasteiger partial charge is 0.311 e. The van der Waals surface area contributed by atoms with Gasteiger partial charge in [-0.05, 0) is 36.8 Å². The average molecular weight is 507 g/mol. The normalized spacial score (nSPS) is 11.3. The second kappa shape index (κ2) is 10.6. The molecule has 0 fully saturated rings. The van der Waals surface area contributed by atoms with E-state index in [1.165, 1.54) is 34.4 Å². The Bertz CT molecular complexity index is 1500. The lowest BCUT2D eigenvalue weighted by Crippen LogP contribution is -2.30. The van der Waals surface area contributed by atoms with E-state index in [1.807, 2.05) is 36.4 Å². The van der Waals surface area contributed by atoms with Crippen molar-refractivity contribution in [1.29, 1.82) is 0 Å². The summed E-state index contributed by atoms with van der Waals surface area (Å²) in [6.07, 6.45) is 1.42.